The fraction of sp³-hybridized carbons (Fsp3) is 0.438. The maximum absolute atomic E-state index is 5.66. The molecular weight excluding hydrogens is 268 g/mol. The Labute approximate surface area is 124 Å². The van der Waals surface area contributed by atoms with Crippen LogP contribution < -0.4 is 14.8 Å². The van der Waals surface area contributed by atoms with Crippen molar-refractivity contribution >= 4 is 16.6 Å². The lowest BCUT2D eigenvalue weighted by molar-refractivity contribution is 0.158. The van der Waals surface area contributed by atoms with Crippen molar-refractivity contribution in [3.8, 4) is 11.5 Å². The molecule has 0 saturated carbocycles. The Bertz CT molecular complexity index is 655. The Kier molecular flexibility index (Phi) is 3.59. The van der Waals surface area contributed by atoms with Crippen LogP contribution in [-0.2, 0) is 4.74 Å². The molecule has 1 aromatic heterocycles. The molecule has 0 fully saturated rings. The standard InChI is InChI=1S/C16H20N2O3/c1-16(2,10-19-3)18-15-12-9-14-13(20-6-7-21-14)8-11(12)4-5-17-15/h4-5,8-9H,6-7,10H2,1-3H3,(H,17,18). The van der Waals surface area contributed by atoms with Gasteiger partial charge in [0.05, 0.1) is 12.1 Å². The molecule has 21 heavy (non-hydrogen) atoms. The first kappa shape index (κ1) is 13.9. The van der Waals surface area contributed by atoms with E-state index in [0.29, 0.717) is 19.8 Å². The number of fused-ring (bicyclic) bond motifs is 2. The number of nitrogens with one attached hydrogen (secondary N) is 1. The van der Waals surface area contributed by atoms with Crippen LogP contribution in [-0.4, -0.2) is 37.5 Å². The van der Waals surface area contributed by atoms with E-state index < -0.39 is 0 Å². The van der Waals surface area contributed by atoms with Crippen molar-refractivity contribution in [2.24, 2.45) is 0 Å². The molecule has 3 rings (SSSR count). The Balaban J connectivity index is 2.03. The maximum atomic E-state index is 5.66. The van der Waals surface area contributed by atoms with Gasteiger partial charge in [0.25, 0.3) is 0 Å². The van der Waals surface area contributed by atoms with Gasteiger partial charge in [0.1, 0.15) is 19.0 Å². The van der Waals surface area contributed by atoms with Crippen molar-refractivity contribution in [1.82, 2.24) is 4.98 Å². The quantitative estimate of drug-likeness (QED) is 0.937. The number of pyridine rings is 1. The van der Waals surface area contributed by atoms with E-state index >= 15 is 0 Å². The summed E-state index contributed by atoms with van der Waals surface area (Å²) >= 11 is 0. The highest BCUT2D eigenvalue weighted by atomic mass is 16.6. The minimum Gasteiger partial charge on any atom is -0.486 e. The summed E-state index contributed by atoms with van der Waals surface area (Å²) in [7, 11) is 1.70. The highest BCUT2D eigenvalue weighted by molar-refractivity contribution is 5.94. The van der Waals surface area contributed by atoms with Gasteiger partial charge in [0.15, 0.2) is 11.5 Å². The SMILES string of the molecule is COCC(C)(C)Nc1nccc2cc3c(cc12)OCCO3. The van der Waals surface area contributed by atoms with Gasteiger partial charge >= 0.3 is 0 Å². The topological polar surface area (TPSA) is 52.6 Å². The number of aromatic nitrogens is 1. The van der Waals surface area contributed by atoms with Crippen LogP contribution in [0.4, 0.5) is 5.82 Å². The molecule has 0 unspecified atom stereocenters. The van der Waals surface area contributed by atoms with Gasteiger partial charge in [-0.15, -0.1) is 0 Å². The predicted molar refractivity (Wildman–Crippen MR) is 82.3 cm³/mol. The molecule has 0 radical (unpaired) electrons. The third kappa shape index (κ3) is 2.88. The molecule has 1 aromatic carbocycles. The lowest BCUT2D eigenvalue weighted by Crippen LogP contribution is -2.36. The third-order valence-corrected chi connectivity index (χ3v) is 3.39. The van der Waals surface area contributed by atoms with E-state index in [1.54, 1.807) is 13.3 Å². The van der Waals surface area contributed by atoms with E-state index in [9.17, 15) is 0 Å². The number of rotatable bonds is 4. The van der Waals surface area contributed by atoms with Crippen molar-refractivity contribution in [3.05, 3.63) is 24.4 Å². The maximum Gasteiger partial charge on any atom is 0.162 e. The molecule has 2 heterocycles. The second kappa shape index (κ2) is 5.41. The summed E-state index contributed by atoms with van der Waals surface area (Å²) in [5.41, 5.74) is -0.205. The van der Waals surface area contributed by atoms with Crippen molar-refractivity contribution < 1.29 is 14.2 Å². The summed E-state index contributed by atoms with van der Waals surface area (Å²) in [6.07, 6.45) is 1.80. The zero-order valence-corrected chi connectivity index (χ0v) is 12.6. The Morgan fingerprint density at radius 3 is 2.67 bits per heavy atom. The van der Waals surface area contributed by atoms with E-state index in [0.717, 1.165) is 28.1 Å². The van der Waals surface area contributed by atoms with Gasteiger partial charge in [-0.2, -0.15) is 0 Å². The largest absolute Gasteiger partial charge is 0.486 e. The molecule has 0 aliphatic carbocycles. The molecule has 0 bridgehead atoms. The van der Waals surface area contributed by atoms with Crippen LogP contribution in [0.15, 0.2) is 24.4 Å². The first-order valence-electron chi connectivity index (χ1n) is 7.04. The van der Waals surface area contributed by atoms with E-state index in [1.807, 2.05) is 18.2 Å². The number of anilines is 1. The number of hydrogen-bond acceptors (Lipinski definition) is 5. The van der Waals surface area contributed by atoms with Gasteiger partial charge in [-0.05, 0) is 37.4 Å². The monoisotopic (exact) mass is 288 g/mol. The Hall–Kier alpha value is -2.01. The van der Waals surface area contributed by atoms with Gasteiger partial charge in [-0.1, -0.05) is 0 Å². The molecular formula is C16H20N2O3. The normalized spacial score (nSPS) is 14.2. The lowest BCUT2D eigenvalue weighted by Gasteiger charge is -2.27. The number of methoxy groups -OCH3 is 1. The summed E-state index contributed by atoms with van der Waals surface area (Å²) in [5.74, 6) is 2.39. The van der Waals surface area contributed by atoms with Crippen LogP contribution in [0.1, 0.15) is 13.8 Å². The second-order valence-electron chi connectivity index (χ2n) is 5.82. The third-order valence-electron chi connectivity index (χ3n) is 3.39. The predicted octanol–water partition coefficient (Wildman–Crippen LogP) is 2.84. The van der Waals surface area contributed by atoms with Crippen LogP contribution in [0, 0.1) is 0 Å². The molecule has 1 aliphatic rings. The summed E-state index contributed by atoms with van der Waals surface area (Å²) < 4.78 is 16.5. The van der Waals surface area contributed by atoms with E-state index in [4.69, 9.17) is 14.2 Å². The minimum atomic E-state index is -0.205. The van der Waals surface area contributed by atoms with Gasteiger partial charge in [0.2, 0.25) is 0 Å². The zero-order valence-electron chi connectivity index (χ0n) is 12.6. The molecule has 2 aromatic rings. The molecule has 0 saturated heterocycles. The zero-order chi connectivity index (χ0) is 14.9. The van der Waals surface area contributed by atoms with Gasteiger partial charge in [-0.3, -0.25) is 0 Å². The smallest absolute Gasteiger partial charge is 0.162 e. The van der Waals surface area contributed by atoms with E-state index in [-0.39, 0.29) is 5.54 Å². The average Bonchev–Trinajstić information content (AvgIpc) is 2.45. The average molecular weight is 288 g/mol. The van der Waals surface area contributed by atoms with Crippen molar-refractivity contribution in [1.29, 1.82) is 0 Å². The lowest BCUT2D eigenvalue weighted by atomic mass is 10.1. The number of benzene rings is 1. The van der Waals surface area contributed by atoms with E-state index in [1.165, 1.54) is 0 Å². The number of hydrogen-bond donors (Lipinski definition) is 1. The number of nitrogens with zero attached hydrogens (tertiary/aromatic N) is 1. The van der Waals surface area contributed by atoms with Crippen molar-refractivity contribution in [3.63, 3.8) is 0 Å². The number of ether oxygens (including phenoxy) is 3. The Morgan fingerprint density at radius 2 is 1.95 bits per heavy atom. The molecule has 0 atom stereocenters. The molecule has 5 nitrogen and oxygen atoms in total. The molecule has 5 heteroatoms. The Morgan fingerprint density at radius 1 is 1.24 bits per heavy atom. The second-order valence-corrected chi connectivity index (χ2v) is 5.82. The first-order valence-corrected chi connectivity index (χ1v) is 7.04. The van der Waals surface area contributed by atoms with Crippen LogP contribution in [0.5, 0.6) is 11.5 Å². The van der Waals surface area contributed by atoms with Crippen molar-refractivity contribution in [2.75, 3.05) is 32.2 Å². The fourth-order valence-corrected chi connectivity index (χ4v) is 2.53. The molecule has 1 N–H and O–H groups in total. The van der Waals surface area contributed by atoms with Gasteiger partial charge < -0.3 is 19.5 Å². The van der Waals surface area contributed by atoms with Gasteiger partial charge in [-0.25, -0.2) is 4.98 Å². The van der Waals surface area contributed by atoms with Crippen LogP contribution >= 0.6 is 0 Å². The fourth-order valence-electron chi connectivity index (χ4n) is 2.53. The van der Waals surface area contributed by atoms with E-state index in [2.05, 4.69) is 24.1 Å². The van der Waals surface area contributed by atoms with Gasteiger partial charge in [0, 0.05) is 18.7 Å². The molecule has 0 amide bonds. The van der Waals surface area contributed by atoms with Crippen LogP contribution in [0.3, 0.4) is 0 Å². The van der Waals surface area contributed by atoms with Crippen LogP contribution in [0.2, 0.25) is 0 Å². The summed E-state index contributed by atoms with van der Waals surface area (Å²) in [6, 6.07) is 5.96. The molecule has 112 valence electrons. The van der Waals surface area contributed by atoms with Crippen LogP contribution in [0.25, 0.3) is 10.8 Å². The summed E-state index contributed by atoms with van der Waals surface area (Å²) in [4.78, 5) is 4.46. The first-order chi connectivity index (χ1) is 10.1. The highest BCUT2D eigenvalue weighted by Crippen LogP contribution is 2.37. The van der Waals surface area contributed by atoms with Crippen molar-refractivity contribution in [2.45, 2.75) is 19.4 Å². The minimum absolute atomic E-state index is 0.205. The molecule has 1 aliphatic heterocycles. The summed E-state index contributed by atoms with van der Waals surface area (Å²) in [6.45, 7) is 5.92. The highest BCUT2D eigenvalue weighted by Gasteiger charge is 2.20. The molecule has 0 spiro atoms. The summed E-state index contributed by atoms with van der Waals surface area (Å²) in [5, 5.41) is 5.53.